The van der Waals surface area contributed by atoms with Crippen LogP contribution in [-0.2, 0) is 17.9 Å². The van der Waals surface area contributed by atoms with Gasteiger partial charge in [-0.3, -0.25) is 9.59 Å². The number of amides is 3. The van der Waals surface area contributed by atoms with Gasteiger partial charge in [-0.05, 0) is 38.0 Å². The maximum absolute atomic E-state index is 13.7. The lowest BCUT2D eigenvalue weighted by molar-refractivity contribution is -0.126. The first-order chi connectivity index (χ1) is 17.5. The van der Waals surface area contributed by atoms with Crippen LogP contribution in [0.15, 0.2) is 41.6 Å². The summed E-state index contributed by atoms with van der Waals surface area (Å²) < 4.78 is 1.69. The van der Waals surface area contributed by atoms with Gasteiger partial charge < -0.3 is 25.2 Å². The first-order valence-electron chi connectivity index (χ1n) is 12.6. The third kappa shape index (κ3) is 4.30. The minimum absolute atomic E-state index is 0.0644. The fraction of sp³-hybridized carbons (Fsp3) is 0.500. The Bertz CT molecular complexity index is 1210. The summed E-state index contributed by atoms with van der Waals surface area (Å²) in [5.74, 6) is -1.12. The van der Waals surface area contributed by atoms with E-state index in [-0.39, 0.29) is 42.6 Å². The molecule has 4 heterocycles. The van der Waals surface area contributed by atoms with Gasteiger partial charge in [-0.1, -0.05) is 25.0 Å². The summed E-state index contributed by atoms with van der Waals surface area (Å²) in [7, 11) is 0. The number of allylic oxidation sites excluding steroid dienone is 1. The Morgan fingerprint density at radius 2 is 2.03 bits per heavy atom. The number of urea groups is 1. The fourth-order valence-corrected chi connectivity index (χ4v) is 6.06. The summed E-state index contributed by atoms with van der Waals surface area (Å²) in [6.07, 6.45) is 10.5. The van der Waals surface area contributed by atoms with E-state index in [2.05, 4.69) is 20.6 Å². The fourth-order valence-electron chi connectivity index (χ4n) is 6.06. The van der Waals surface area contributed by atoms with Gasteiger partial charge in [-0.15, -0.1) is 0 Å². The Hall–Kier alpha value is -3.53. The molecular formula is C26H32N6O4. The molecule has 2 fully saturated rings. The molecule has 10 heteroatoms. The summed E-state index contributed by atoms with van der Waals surface area (Å²) >= 11 is 0. The predicted octanol–water partition coefficient (Wildman–Crippen LogP) is 1.60. The normalized spacial score (nSPS) is 25.2. The summed E-state index contributed by atoms with van der Waals surface area (Å²) in [6, 6.07) is 3.73. The van der Waals surface area contributed by atoms with E-state index in [4.69, 9.17) is 0 Å². The van der Waals surface area contributed by atoms with E-state index in [0.29, 0.717) is 23.5 Å². The highest BCUT2D eigenvalue weighted by molar-refractivity contribution is 5.88. The molecule has 10 nitrogen and oxygen atoms in total. The molecule has 2 aromatic heterocycles. The molecule has 1 saturated carbocycles. The molecular weight excluding hydrogens is 460 g/mol. The van der Waals surface area contributed by atoms with E-state index in [1.165, 1.54) is 6.33 Å². The molecule has 3 amide bonds. The van der Waals surface area contributed by atoms with Crippen molar-refractivity contribution in [3.05, 3.63) is 64.1 Å². The lowest BCUT2D eigenvalue weighted by Gasteiger charge is -2.32. The summed E-state index contributed by atoms with van der Waals surface area (Å²) in [4.78, 5) is 50.0. The largest absolute Gasteiger partial charge is 0.396 e. The van der Waals surface area contributed by atoms with Gasteiger partial charge in [-0.25, -0.2) is 14.8 Å². The maximum atomic E-state index is 13.7. The number of hydrogen-bond donors (Lipinski definition) is 3. The molecule has 0 spiro atoms. The minimum Gasteiger partial charge on any atom is -0.396 e. The van der Waals surface area contributed by atoms with Gasteiger partial charge in [0.25, 0.3) is 5.56 Å². The quantitative estimate of drug-likeness (QED) is 0.562. The van der Waals surface area contributed by atoms with E-state index in [0.717, 1.165) is 25.7 Å². The molecule has 0 unspecified atom stereocenters. The van der Waals surface area contributed by atoms with Crippen LogP contribution in [0.3, 0.4) is 0 Å². The third-order valence-electron chi connectivity index (χ3n) is 7.72. The van der Waals surface area contributed by atoms with Crippen LogP contribution in [0, 0.1) is 11.8 Å². The summed E-state index contributed by atoms with van der Waals surface area (Å²) in [6.45, 7) is 2.11. The molecule has 2 aromatic rings. The Labute approximate surface area is 209 Å². The lowest BCUT2D eigenvalue weighted by Crippen LogP contribution is -2.54. The average molecular weight is 493 g/mol. The van der Waals surface area contributed by atoms with Crippen LogP contribution in [-0.4, -0.2) is 55.2 Å². The molecule has 0 bridgehead atoms. The molecule has 36 heavy (non-hydrogen) atoms. The van der Waals surface area contributed by atoms with Crippen molar-refractivity contribution in [1.82, 2.24) is 30.1 Å². The molecule has 190 valence electrons. The zero-order valence-electron chi connectivity index (χ0n) is 20.3. The molecule has 4 atom stereocenters. The molecule has 2 aliphatic heterocycles. The zero-order chi connectivity index (χ0) is 25.2. The van der Waals surface area contributed by atoms with Crippen LogP contribution in [0.25, 0.3) is 6.08 Å². The second-order valence-corrected chi connectivity index (χ2v) is 9.79. The maximum Gasteiger partial charge on any atom is 0.318 e. The molecule has 0 aromatic carbocycles. The van der Waals surface area contributed by atoms with Gasteiger partial charge >= 0.3 is 6.03 Å². The zero-order valence-corrected chi connectivity index (χ0v) is 20.3. The third-order valence-corrected chi connectivity index (χ3v) is 7.72. The van der Waals surface area contributed by atoms with E-state index in [1.54, 1.807) is 33.9 Å². The monoisotopic (exact) mass is 492 g/mol. The van der Waals surface area contributed by atoms with Crippen molar-refractivity contribution < 1.29 is 14.7 Å². The number of pyridine rings is 1. The van der Waals surface area contributed by atoms with Gasteiger partial charge in [0.15, 0.2) is 0 Å². The van der Waals surface area contributed by atoms with Gasteiger partial charge in [-0.2, -0.15) is 0 Å². The Kier molecular flexibility index (Phi) is 6.86. The number of aliphatic hydroxyl groups excluding tert-OH is 1. The molecule has 3 aliphatic rings. The lowest BCUT2D eigenvalue weighted by atomic mass is 9.88. The highest BCUT2D eigenvalue weighted by Crippen LogP contribution is 2.49. The Balaban J connectivity index is 1.49. The van der Waals surface area contributed by atoms with Crippen LogP contribution in [0.5, 0.6) is 0 Å². The smallest absolute Gasteiger partial charge is 0.318 e. The number of carbonyl (C=O) groups excluding carboxylic acids is 2. The van der Waals surface area contributed by atoms with Crippen LogP contribution in [0.4, 0.5) is 4.79 Å². The second-order valence-electron chi connectivity index (χ2n) is 9.79. The summed E-state index contributed by atoms with van der Waals surface area (Å²) in [5, 5.41) is 16.4. The number of fused-ring (bicyclic) bond motifs is 3. The van der Waals surface area contributed by atoms with Crippen LogP contribution in [0.2, 0.25) is 0 Å². The van der Waals surface area contributed by atoms with Crippen molar-refractivity contribution in [1.29, 1.82) is 0 Å². The van der Waals surface area contributed by atoms with Gasteiger partial charge in [0, 0.05) is 48.5 Å². The van der Waals surface area contributed by atoms with Crippen LogP contribution >= 0.6 is 0 Å². The van der Waals surface area contributed by atoms with Gasteiger partial charge in [0.1, 0.15) is 12.4 Å². The number of nitrogens with one attached hydrogen (secondary N) is 2. The molecule has 0 radical (unpaired) electrons. The molecule has 3 N–H and O–H groups in total. The number of aromatic nitrogens is 3. The molecule has 1 saturated heterocycles. The van der Waals surface area contributed by atoms with Crippen molar-refractivity contribution in [2.24, 2.45) is 11.8 Å². The summed E-state index contributed by atoms with van der Waals surface area (Å²) in [5.41, 5.74) is 1.79. The minimum atomic E-state index is -0.868. The first kappa shape index (κ1) is 24.2. The van der Waals surface area contributed by atoms with E-state index in [9.17, 15) is 19.5 Å². The number of rotatable bonds is 6. The number of carbonyl (C=O) groups is 2. The second kappa shape index (κ2) is 10.2. The first-order valence-corrected chi connectivity index (χ1v) is 12.6. The van der Waals surface area contributed by atoms with E-state index >= 15 is 0 Å². The number of likely N-dealkylation sites (tertiary alicyclic amines) is 1. The SMILES string of the molecule is C/C=C/c1ccc2n(c1=O)C[C@H]1[C@H](CO)[C@@H](C(=O)NCc3ccncn3)N(C(=O)NC3CCCC3)[C@@H]21. The highest BCUT2D eigenvalue weighted by Gasteiger charge is 2.57. The standard InChI is InChI=1S/C26H32N6O4/c1-2-5-16-8-9-21-22-19(13-31(21)25(16)35)20(14-33)23(24(34)28-12-18-10-11-27-15-29-18)32(22)26(36)30-17-6-3-4-7-17/h2,5,8-11,15,17,19-20,22-23,33H,3-4,6-7,12-14H2,1H3,(H,28,34)(H,30,36)/b5-2+/t19-,20-,22+,23-/m0/s1. The van der Waals surface area contributed by atoms with Crippen molar-refractivity contribution >= 4 is 18.0 Å². The van der Waals surface area contributed by atoms with Crippen molar-refractivity contribution in [2.75, 3.05) is 6.61 Å². The van der Waals surface area contributed by atoms with Gasteiger partial charge in [0.05, 0.1) is 18.3 Å². The number of nitrogens with zero attached hydrogens (tertiary/aromatic N) is 4. The average Bonchev–Trinajstić information content (AvgIpc) is 3.60. The predicted molar refractivity (Wildman–Crippen MR) is 133 cm³/mol. The number of aliphatic hydroxyl groups is 1. The molecule has 5 rings (SSSR count). The van der Waals surface area contributed by atoms with Crippen LogP contribution < -0.4 is 16.2 Å². The van der Waals surface area contributed by atoms with E-state index < -0.39 is 18.0 Å². The Morgan fingerprint density at radius 3 is 2.72 bits per heavy atom. The van der Waals surface area contributed by atoms with Crippen molar-refractivity contribution in [2.45, 2.75) is 63.8 Å². The van der Waals surface area contributed by atoms with E-state index in [1.807, 2.05) is 19.1 Å². The Morgan fingerprint density at radius 1 is 1.22 bits per heavy atom. The number of hydrogen-bond acceptors (Lipinski definition) is 6. The highest BCUT2D eigenvalue weighted by atomic mass is 16.3. The molecule has 1 aliphatic carbocycles. The van der Waals surface area contributed by atoms with Crippen molar-refractivity contribution in [3.63, 3.8) is 0 Å². The van der Waals surface area contributed by atoms with Crippen molar-refractivity contribution in [3.8, 4) is 0 Å². The topological polar surface area (TPSA) is 129 Å². The van der Waals surface area contributed by atoms with Gasteiger partial charge in [0.2, 0.25) is 5.91 Å². The van der Waals surface area contributed by atoms with Crippen LogP contribution in [0.1, 0.15) is 55.6 Å².